The summed E-state index contributed by atoms with van der Waals surface area (Å²) in [5, 5.41) is 11.8. The van der Waals surface area contributed by atoms with E-state index < -0.39 is 10.0 Å². The van der Waals surface area contributed by atoms with Gasteiger partial charge in [-0.2, -0.15) is 0 Å². The maximum Gasteiger partial charge on any atom is 0.261 e. The van der Waals surface area contributed by atoms with Crippen LogP contribution in [0.1, 0.15) is 18.1 Å². The molecule has 0 heterocycles. The summed E-state index contributed by atoms with van der Waals surface area (Å²) < 4.78 is 26.9. The number of benzene rings is 2. The third kappa shape index (κ3) is 3.61. The monoisotopic (exact) mass is 304 g/mol. The van der Waals surface area contributed by atoms with Crippen molar-refractivity contribution < 1.29 is 13.6 Å². The van der Waals surface area contributed by atoms with Gasteiger partial charge in [-0.15, -0.1) is 0 Å². The fraction of sp³-hybridized carbons (Fsp3) is 0.133. The Morgan fingerprint density at radius 2 is 1.62 bits per heavy atom. The van der Waals surface area contributed by atoms with E-state index >= 15 is 0 Å². The number of hydrogen-bond donors (Lipinski definition) is 2. The number of anilines is 1. The summed E-state index contributed by atoms with van der Waals surface area (Å²) >= 11 is 0. The summed E-state index contributed by atoms with van der Waals surface area (Å²) in [6, 6.07) is 13.2. The molecule has 21 heavy (non-hydrogen) atoms. The van der Waals surface area contributed by atoms with Crippen molar-refractivity contribution in [3.8, 4) is 0 Å². The van der Waals surface area contributed by atoms with Crippen molar-refractivity contribution in [3.63, 3.8) is 0 Å². The molecule has 2 aromatic rings. The van der Waals surface area contributed by atoms with E-state index in [1.165, 1.54) is 0 Å². The highest BCUT2D eigenvalue weighted by Gasteiger charge is 2.13. The van der Waals surface area contributed by atoms with Crippen LogP contribution in [0.4, 0.5) is 5.69 Å². The lowest BCUT2D eigenvalue weighted by Crippen LogP contribution is -2.13. The fourth-order valence-corrected chi connectivity index (χ4v) is 2.83. The molecule has 0 fully saturated rings. The minimum absolute atomic E-state index is 0.213. The Labute approximate surface area is 124 Å². The molecule has 0 saturated carbocycles. The van der Waals surface area contributed by atoms with Crippen molar-refractivity contribution in [2.75, 3.05) is 4.72 Å². The van der Waals surface area contributed by atoms with Crippen LogP contribution in [0.15, 0.2) is 58.6 Å². The zero-order valence-corrected chi connectivity index (χ0v) is 12.6. The minimum atomic E-state index is -3.60. The summed E-state index contributed by atoms with van der Waals surface area (Å²) in [7, 11) is -3.60. The van der Waals surface area contributed by atoms with E-state index in [2.05, 4.69) is 9.88 Å². The van der Waals surface area contributed by atoms with Gasteiger partial charge in [0.1, 0.15) is 0 Å². The van der Waals surface area contributed by atoms with Gasteiger partial charge in [0.2, 0.25) is 0 Å². The maximum absolute atomic E-state index is 12.2. The molecule has 0 amide bonds. The maximum atomic E-state index is 12.2. The number of aryl methyl sites for hydroxylation is 1. The van der Waals surface area contributed by atoms with Gasteiger partial charge in [-0.1, -0.05) is 35.0 Å². The van der Waals surface area contributed by atoms with E-state index in [1.807, 2.05) is 6.92 Å². The molecule has 0 atom stereocenters. The molecule has 0 spiro atoms. The highest BCUT2D eigenvalue weighted by atomic mass is 32.2. The number of nitrogens with one attached hydrogen (secondary N) is 1. The zero-order valence-electron chi connectivity index (χ0n) is 11.7. The normalized spacial score (nSPS) is 12.2. The largest absolute Gasteiger partial charge is 0.411 e. The SMILES string of the molecule is C/C(=N\O)c1ccc(NS(=O)(=O)c2ccc(C)cc2)cc1. The summed E-state index contributed by atoms with van der Waals surface area (Å²) in [5.41, 5.74) is 2.63. The van der Waals surface area contributed by atoms with E-state index in [9.17, 15) is 8.42 Å². The van der Waals surface area contributed by atoms with Gasteiger partial charge in [0.05, 0.1) is 10.6 Å². The highest BCUT2D eigenvalue weighted by Crippen LogP contribution is 2.17. The lowest BCUT2D eigenvalue weighted by Gasteiger charge is -2.09. The number of hydrogen-bond acceptors (Lipinski definition) is 4. The van der Waals surface area contributed by atoms with Crippen LogP contribution < -0.4 is 4.72 Å². The molecule has 0 aliphatic carbocycles. The van der Waals surface area contributed by atoms with Crippen LogP contribution in [-0.2, 0) is 10.0 Å². The molecule has 0 radical (unpaired) electrons. The Kier molecular flexibility index (Phi) is 4.28. The van der Waals surface area contributed by atoms with Gasteiger partial charge in [0.25, 0.3) is 10.0 Å². The molecular formula is C15H16N2O3S. The fourth-order valence-electron chi connectivity index (χ4n) is 1.77. The van der Waals surface area contributed by atoms with Crippen LogP contribution in [-0.4, -0.2) is 19.3 Å². The van der Waals surface area contributed by atoms with Gasteiger partial charge in [0, 0.05) is 5.69 Å². The first-order valence-corrected chi connectivity index (χ1v) is 7.79. The van der Waals surface area contributed by atoms with Crippen molar-refractivity contribution in [1.82, 2.24) is 0 Å². The molecule has 0 saturated heterocycles. The summed E-state index contributed by atoms with van der Waals surface area (Å²) in [4.78, 5) is 0.213. The molecule has 2 aromatic carbocycles. The van der Waals surface area contributed by atoms with Gasteiger partial charge < -0.3 is 5.21 Å². The lowest BCUT2D eigenvalue weighted by atomic mass is 10.1. The first-order chi connectivity index (χ1) is 9.92. The number of sulfonamides is 1. The van der Waals surface area contributed by atoms with Gasteiger partial charge in [0.15, 0.2) is 0 Å². The van der Waals surface area contributed by atoms with Crippen LogP contribution in [0, 0.1) is 6.92 Å². The van der Waals surface area contributed by atoms with Crippen molar-refractivity contribution in [2.24, 2.45) is 5.16 Å². The van der Waals surface area contributed by atoms with Crippen molar-refractivity contribution in [1.29, 1.82) is 0 Å². The molecule has 0 aliphatic heterocycles. The minimum Gasteiger partial charge on any atom is -0.411 e. The Morgan fingerprint density at radius 1 is 1.05 bits per heavy atom. The Morgan fingerprint density at radius 3 is 2.14 bits per heavy atom. The third-order valence-corrected chi connectivity index (χ3v) is 4.43. The number of oxime groups is 1. The van der Waals surface area contributed by atoms with E-state index in [0.717, 1.165) is 11.1 Å². The molecule has 2 N–H and O–H groups in total. The standard InChI is InChI=1S/C15H16N2O3S/c1-11-3-9-15(10-4-11)21(19,20)17-14-7-5-13(6-8-14)12(2)16-18/h3-10,17-18H,1-2H3/b16-12+. The topological polar surface area (TPSA) is 78.8 Å². The van der Waals surface area contributed by atoms with Crippen molar-refractivity contribution >= 4 is 21.4 Å². The Balaban J connectivity index is 2.23. The van der Waals surface area contributed by atoms with Crippen LogP contribution in [0.25, 0.3) is 0 Å². The van der Waals surface area contributed by atoms with Crippen LogP contribution in [0.3, 0.4) is 0 Å². The number of rotatable bonds is 4. The van der Waals surface area contributed by atoms with Crippen LogP contribution >= 0.6 is 0 Å². The van der Waals surface area contributed by atoms with E-state index in [4.69, 9.17) is 5.21 Å². The molecule has 0 aromatic heterocycles. The number of nitrogens with zero attached hydrogens (tertiary/aromatic N) is 1. The summed E-state index contributed by atoms with van der Waals surface area (Å²) in [5.74, 6) is 0. The predicted molar refractivity (Wildman–Crippen MR) is 82.4 cm³/mol. The van der Waals surface area contributed by atoms with Gasteiger partial charge >= 0.3 is 0 Å². The van der Waals surface area contributed by atoms with E-state index in [0.29, 0.717) is 11.4 Å². The molecule has 110 valence electrons. The second-order valence-electron chi connectivity index (χ2n) is 4.68. The molecule has 0 aliphatic rings. The summed E-state index contributed by atoms with van der Waals surface area (Å²) in [6.45, 7) is 3.55. The quantitative estimate of drug-likeness (QED) is 0.518. The first-order valence-electron chi connectivity index (χ1n) is 6.31. The van der Waals surface area contributed by atoms with E-state index in [-0.39, 0.29) is 4.90 Å². The first kappa shape index (κ1) is 15.1. The van der Waals surface area contributed by atoms with Crippen LogP contribution in [0.5, 0.6) is 0 Å². The molecule has 0 unspecified atom stereocenters. The Bertz CT molecular complexity index is 749. The summed E-state index contributed by atoms with van der Waals surface area (Å²) in [6.07, 6.45) is 0. The molecule has 6 heteroatoms. The Hall–Kier alpha value is -2.34. The average Bonchev–Trinajstić information content (AvgIpc) is 2.47. The zero-order chi connectivity index (χ0) is 15.5. The second-order valence-corrected chi connectivity index (χ2v) is 6.36. The smallest absolute Gasteiger partial charge is 0.261 e. The predicted octanol–water partition coefficient (Wildman–Crippen LogP) is 2.99. The molecule has 5 nitrogen and oxygen atoms in total. The van der Waals surface area contributed by atoms with Gasteiger partial charge in [-0.3, -0.25) is 4.72 Å². The van der Waals surface area contributed by atoms with Crippen molar-refractivity contribution in [2.45, 2.75) is 18.7 Å². The van der Waals surface area contributed by atoms with Gasteiger partial charge in [-0.05, 0) is 43.7 Å². The van der Waals surface area contributed by atoms with Crippen molar-refractivity contribution in [3.05, 3.63) is 59.7 Å². The lowest BCUT2D eigenvalue weighted by molar-refractivity contribution is 0.319. The molecule has 0 bridgehead atoms. The van der Waals surface area contributed by atoms with Crippen LogP contribution in [0.2, 0.25) is 0 Å². The average molecular weight is 304 g/mol. The van der Waals surface area contributed by atoms with Gasteiger partial charge in [-0.25, -0.2) is 8.42 Å². The second kappa shape index (κ2) is 5.97. The highest BCUT2D eigenvalue weighted by molar-refractivity contribution is 7.92. The molecular weight excluding hydrogens is 288 g/mol. The third-order valence-electron chi connectivity index (χ3n) is 3.04. The molecule has 2 rings (SSSR count). The van der Waals surface area contributed by atoms with E-state index in [1.54, 1.807) is 55.5 Å².